The Bertz CT molecular complexity index is 877. The van der Waals surface area contributed by atoms with Crippen LogP contribution < -0.4 is 5.32 Å². The summed E-state index contributed by atoms with van der Waals surface area (Å²) in [6.07, 6.45) is 5.14. The highest BCUT2D eigenvalue weighted by Gasteiger charge is 2.13. The number of carbonyl (C=O) groups is 1. The number of rotatable bonds is 4. The van der Waals surface area contributed by atoms with Gasteiger partial charge in [0, 0.05) is 22.3 Å². The Labute approximate surface area is 137 Å². The minimum atomic E-state index is -0.259. The first kappa shape index (κ1) is 15.4. The summed E-state index contributed by atoms with van der Waals surface area (Å²) in [5.41, 5.74) is 2.74. The number of hydrogen-bond donors (Lipinski definition) is 1. The molecule has 2 aromatic heterocycles. The smallest absolute Gasteiger partial charge is 0.243 e. The summed E-state index contributed by atoms with van der Waals surface area (Å²) in [6.45, 7) is 4.28. The fraction of sp³-hybridized carbons (Fsp3) is 0.176. The molecule has 3 aromatic rings. The number of nitrogens with one attached hydrogen (secondary N) is 1. The number of carbonyl (C=O) groups excluding carboxylic acids is 1. The zero-order chi connectivity index (χ0) is 16.4. The molecule has 0 fully saturated rings. The molecule has 118 valence electrons. The average molecular weight is 329 g/mol. The van der Waals surface area contributed by atoms with Crippen molar-refractivity contribution in [2.24, 2.45) is 0 Å². The second-order valence-corrected chi connectivity index (χ2v) is 6.18. The number of halogens is 1. The third-order valence-corrected chi connectivity index (χ3v) is 4.69. The quantitative estimate of drug-likeness (QED) is 0.742. The van der Waals surface area contributed by atoms with E-state index in [1.807, 2.05) is 17.5 Å². The van der Waals surface area contributed by atoms with Crippen LogP contribution in [-0.4, -0.2) is 15.3 Å². The normalized spacial score (nSPS) is 11.4. The molecule has 0 aliphatic rings. The molecule has 1 N–H and O–H groups in total. The van der Waals surface area contributed by atoms with Gasteiger partial charge in [-0.15, -0.1) is 0 Å². The molecule has 2 heterocycles. The third-order valence-electron chi connectivity index (χ3n) is 3.53. The standard InChI is InChI=1S/C17H16FN3OS/c1-3-4-16(22)19-9-15-11(2)21-10-14(20-17(21)23-15)12-5-7-13(18)8-6-12/h3-8,10H,9H2,1-2H3,(H,19,22)/b4-3+. The van der Waals surface area contributed by atoms with E-state index in [1.165, 1.54) is 18.2 Å². The van der Waals surface area contributed by atoms with Crippen LogP contribution in [0.25, 0.3) is 16.2 Å². The van der Waals surface area contributed by atoms with E-state index in [-0.39, 0.29) is 11.7 Å². The maximum absolute atomic E-state index is 13.0. The summed E-state index contributed by atoms with van der Waals surface area (Å²) in [4.78, 5) is 18.0. The zero-order valence-electron chi connectivity index (χ0n) is 12.8. The van der Waals surface area contributed by atoms with Gasteiger partial charge in [-0.2, -0.15) is 0 Å². The van der Waals surface area contributed by atoms with Gasteiger partial charge in [0.2, 0.25) is 5.91 Å². The van der Waals surface area contributed by atoms with E-state index >= 15 is 0 Å². The molecule has 0 aliphatic carbocycles. The van der Waals surface area contributed by atoms with Crippen LogP contribution in [0.3, 0.4) is 0 Å². The Kier molecular flexibility index (Phi) is 4.25. The number of aromatic nitrogens is 2. The second-order valence-electron chi connectivity index (χ2n) is 5.11. The van der Waals surface area contributed by atoms with Crippen LogP contribution in [0.1, 0.15) is 17.5 Å². The van der Waals surface area contributed by atoms with Crippen LogP contribution in [0.2, 0.25) is 0 Å². The van der Waals surface area contributed by atoms with E-state index in [1.54, 1.807) is 36.5 Å². The Hall–Kier alpha value is -2.47. The number of imidazole rings is 1. The van der Waals surface area contributed by atoms with Crippen molar-refractivity contribution < 1.29 is 9.18 Å². The summed E-state index contributed by atoms with van der Waals surface area (Å²) in [5, 5.41) is 2.85. The highest BCUT2D eigenvalue weighted by molar-refractivity contribution is 7.17. The first-order chi connectivity index (χ1) is 11.1. The molecule has 23 heavy (non-hydrogen) atoms. The number of thiazole rings is 1. The maximum atomic E-state index is 13.0. The number of aryl methyl sites for hydroxylation is 1. The first-order valence-electron chi connectivity index (χ1n) is 7.22. The van der Waals surface area contributed by atoms with Crippen molar-refractivity contribution in [1.82, 2.24) is 14.7 Å². The minimum absolute atomic E-state index is 0.107. The topological polar surface area (TPSA) is 46.4 Å². The average Bonchev–Trinajstić information content (AvgIpc) is 3.06. The van der Waals surface area contributed by atoms with Gasteiger partial charge in [-0.05, 0) is 44.2 Å². The second kappa shape index (κ2) is 6.34. The van der Waals surface area contributed by atoms with Gasteiger partial charge in [0.25, 0.3) is 0 Å². The molecule has 0 saturated carbocycles. The lowest BCUT2D eigenvalue weighted by Crippen LogP contribution is -2.20. The van der Waals surface area contributed by atoms with Gasteiger partial charge in [0.05, 0.1) is 12.2 Å². The molecule has 3 rings (SSSR count). The van der Waals surface area contributed by atoms with Gasteiger partial charge < -0.3 is 5.32 Å². The predicted molar refractivity (Wildman–Crippen MR) is 89.9 cm³/mol. The van der Waals surface area contributed by atoms with E-state index in [4.69, 9.17) is 0 Å². The fourth-order valence-electron chi connectivity index (χ4n) is 2.30. The lowest BCUT2D eigenvalue weighted by atomic mass is 10.2. The molecule has 6 heteroatoms. The largest absolute Gasteiger partial charge is 0.348 e. The molecular formula is C17H16FN3OS. The maximum Gasteiger partial charge on any atom is 0.243 e. The number of benzene rings is 1. The molecule has 0 atom stereocenters. The van der Waals surface area contributed by atoms with Crippen LogP contribution in [-0.2, 0) is 11.3 Å². The fourth-order valence-corrected chi connectivity index (χ4v) is 3.34. The SMILES string of the molecule is C/C=C/C(=O)NCc1sc2nc(-c3ccc(F)cc3)cn2c1C. The Morgan fingerprint density at radius 2 is 2.13 bits per heavy atom. The van der Waals surface area contributed by atoms with E-state index < -0.39 is 0 Å². The van der Waals surface area contributed by atoms with Crippen molar-refractivity contribution in [1.29, 1.82) is 0 Å². The monoisotopic (exact) mass is 329 g/mol. The zero-order valence-corrected chi connectivity index (χ0v) is 13.7. The van der Waals surface area contributed by atoms with Crippen LogP contribution in [0.15, 0.2) is 42.6 Å². The molecule has 0 aliphatic heterocycles. The lowest BCUT2D eigenvalue weighted by molar-refractivity contribution is -0.116. The number of nitrogens with zero attached hydrogens (tertiary/aromatic N) is 2. The summed E-state index contributed by atoms with van der Waals surface area (Å²) in [7, 11) is 0. The minimum Gasteiger partial charge on any atom is -0.348 e. The number of amides is 1. The van der Waals surface area contributed by atoms with Gasteiger partial charge >= 0.3 is 0 Å². The lowest BCUT2D eigenvalue weighted by Gasteiger charge is -2.01. The van der Waals surface area contributed by atoms with Crippen molar-refractivity contribution >= 4 is 22.2 Å². The number of allylic oxidation sites excluding steroid dienone is 1. The Morgan fingerprint density at radius 3 is 2.78 bits per heavy atom. The molecule has 1 aromatic carbocycles. The molecule has 0 unspecified atom stereocenters. The Balaban J connectivity index is 1.85. The van der Waals surface area contributed by atoms with E-state index in [0.29, 0.717) is 6.54 Å². The highest BCUT2D eigenvalue weighted by Crippen LogP contribution is 2.27. The van der Waals surface area contributed by atoms with E-state index in [0.717, 1.165) is 26.8 Å². The van der Waals surface area contributed by atoms with Crippen molar-refractivity contribution in [3.05, 3.63) is 59.0 Å². The van der Waals surface area contributed by atoms with Gasteiger partial charge in [-0.25, -0.2) is 9.37 Å². The molecule has 4 nitrogen and oxygen atoms in total. The van der Waals surface area contributed by atoms with Crippen molar-refractivity contribution in [2.75, 3.05) is 0 Å². The molecule has 0 spiro atoms. The summed E-state index contributed by atoms with van der Waals surface area (Å²) < 4.78 is 15.0. The summed E-state index contributed by atoms with van der Waals surface area (Å²) in [5.74, 6) is -0.366. The Morgan fingerprint density at radius 1 is 1.39 bits per heavy atom. The van der Waals surface area contributed by atoms with E-state index in [9.17, 15) is 9.18 Å². The van der Waals surface area contributed by atoms with Crippen molar-refractivity contribution in [3.8, 4) is 11.3 Å². The molecule has 1 amide bonds. The van der Waals surface area contributed by atoms with Crippen molar-refractivity contribution in [2.45, 2.75) is 20.4 Å². The molecule has 0 radical (unpaired) electrons. The number of hydrogen-bond acceptors (Lipinski definition) is 3. The third kappa shape index (κ3) is 3.17. The van der Waals surface area contributed by atoms with Crippen LogP contribution >= 0.6 is 11.3 Å². The molecular weight excluding hydrogens is 313 g/mol. The van der Waals surface area contributed by atoms with Crippen LogP contribution in [0.5, 0.6) is 0 Å². The van der Waals surface area contributed by atoms with E-state index in [2.05, 4.69) is 10.3 Å². The van der Waals surface area contributed by atoms with Gasteiger partial charge in [0.1, 0.15) is 5.82 Å². The highest BCUT2D eigenvalue weighted by atomic mass is 32.1. The van der Waals surface area contributed by atoms with Crippen molar-refractivity contribution in [3.63, 3.8) is 0 Å². The summed E-state index contributed by atoms with van der Waals surface area (Å²) in [6, 6.07) is 6.29. The number of fused-ring (bicyclic) bond motifs is 1. The first-order valence-corrected chi connectivity index (χ1v) is 8.04. The van der Waals surface area contributed by atoms with Crippen LogP contribution in [0, 0.1) is 12.7 Å². The molecule has 0 bridgehead atoms. The van der Waals surface area contributed by atoms with Gasteiger partial charge in [-0.1, -0.05) is 17.4 Å². The van der Waals surface area contributed by atoms with Gasteiger partial charge in [-0.3, -0.25) is 9.20 Å². The predicted octanol–water partition coefficient (Wildman–Crippen LogP) is 3.70. The molecule has 0 saturated heterocycles. The van der Waals surface area contributed by atoms with Crippen LogP contribution in [0.4, 0.5) is 4.39 Å². The van der Waals surface area contributed by atoms with Gasteiger partial charge in [0.15, 0.2) is 4.96 Å². The summed E-state index contributed by atoms with van der Waals surface area (Å²) >= 11 is 1.54.